The molecule has 2 atom stereocenters. The van der Waals surface area contributed by atoms with Gasteiger partial charge in [-0.25, -0.2) is 0 Å². The molecule has 1 aliphatic heterocycles. The molecule has 2 rings (SSSR count). The van der Waals surface area contributed by atoms with E-state index >= 15 is 0 Å². The largest absolute Gasteiger partial charge is 0.494 e. The second-order valence-electron chi connectivity index (χ2n) is 6.12. The fraction of sp³-hybridized carbons (Fsp3) is 0.588. The molecule has 2 unspecified atom stereocenters. The molecule has 0 spiro atoms. The first kappa shape index (κ1) is 16.2. The third-order valence-corrected chi connectivity index (χ3v) is 4.48. The quantitative estimate of drug-likeness (QED) is 0.647. The summed E-state index contributed by atoms with van der Waals surface area (Å²) in [5, 5.41) is 0. The first-order valence-electron chi connectivity index (χ1n) is 7.83. The number of rotatable bonds is 6. The van der Waals surface area contributed by atoms with Crippen molar-refractivity contribution in [1.82, 2.24) is 4.90 Å². The molecule has 0 amide bonds. The van der Waals surface area contributed by atoms with Crippen molar-refractivity contribution in [3.05, 3.63) is 29.8 Å². The normalized spacial score (nSPS) is 23.0. The Morgan fingerprint density at radius 3 is 2.67 bits per heavy atom. The molecule has 4 heteroatoms. The van der Waals surface area contributed by atoms with E-state index in [2.05, 4.69) is 18.7 Å². The van der Waals surface area contributed by atoms with Gasteiger partial charge in [0.2, 0.25) is 0 Å². The fourth-order valence-electron chi connectivity index (χ4n) is 2.86. The van der Waals surface area contributed by atoms with Crippen molar-refractivity contribution in [3.8, 4) is 5.75 Å². The molecule has 3 nitrogen and oxygen atoms in total. The molecule has 1 saturated heterocycles. The average Bonchev–Trinajstić information content (AvgIpc) is 2.47. The first-order chi connectivity index (χ1) is 10.1. The Bertz CT molecular complexity index is 460. The van der Waals surface area contributed by atoms with Crippen molar-refractivity contribution in [2.45, 2.75) is 39.2 Å². The van der Waals surface area contributed by atoms with E-state index in [1.165, 1.54) is 19.4 Å². The number of ether oxygens (including phenoxy) is 1. The molecule has 2 N–H and O–H groups in total. The third kappa shape index (κ3) is 4.97. The van der Waals surface area contributed by atoms with Gasteiger partial charge in [-0.3, -0.25) is 0 Å². The van der Waals surface area contributed by atoms with E-state index in [-0.39, 0.29) is 0 Å². The zero-order valence-corrected chi connectivity index (χ0v) is 13.9. The van der Waals surface area contributed by atoms with Crippen LogP contribution in [0.2, 0.25) is 0 Å². The van der Waals surface area contributed by atoms with E-state index in [4.69, 9.17) is 22.7 Å². The van der Waals surface area contributed by atoms with Crippen molar-refractivity contribution in [2.24, 2.45) is 11.7 Å². The zero-order valence-electron chi connectivity index (χ0n) is 13.0. The van der Waals surface area contributed by atoms with Gasteiger partial charge in [-0.05, 0) is 56.4 Å². The minimum absolute atomic E-state index is 0.426. The number of nitrogens with zero attached hydrogens (tertiary/aromatic N) is 1. The summed E-state index contributed by atoms with van der Waals surface area (Å²) in [7, 11) is 0. The smallest absolute Gasteiger partial charge is 0.119 e. The van der Waals surface area contributed by atoms with Gasteiger partial charge in [0, 0.05) is 24.7 Å². The van der Waals surface area contributed by atoms with E-state index < -0.39 is 0 Å². The number of hydrogen-bond acceptors (Lipinski definition) is 3. The SMILES string of the molecule is CC1CCC(C)N(CCCOc2ccc(C(N)=S)cc2)C1. The first-order valence-corrected chi connectivity index (χ1v) is 8.24. The molecule has 1 aliphatic rings. The predicted octanol–water partition coefficient (Wildman–Crippen LogP) is 3.21. The van der Waals surface area contributed by atoms with Gasteiger partial charge in [-0.15, -0.1) is 0 Å². The summed E-state index contributed by atoms with van der Waals surface area (Å²) < 4.78 is 5.78. The monoisotopic (exact) mass is 306 g/mol. The highest BCUT2D eigenvalue weighted by Crippen LogP contribution is 2.21. The Balaban J connectivity index is 1.70. The summed E-state index contributed by atoms with van der Waals surface area (Å²) in [4.78, 5) is 3.02. The number of nitrogens with two attached hydrogens (primary N) is 1. The average molecular weight is 306 g/mol. The van der Waals surface area contributed by atoms with Gasteiger partial charge >= 0.3 is 0 Å². The van der Waals surface area contributed by atoms with Gasteiger partial charge in [0.05, 0.1) is 6.61 Å². The van der Waals surface area contributed by atoms with Gasteiger partial charge in [0.15, 0.2) is 0 Å². The molecule has 0 bridgehead atoms. The van der Waals surface area contributed by atoms with Gasteiger partial charge in [0.25, 0.3) is 0 Å². The van der Waals surface area contributed by atoms with Crippen LogP contribution in [-0.4, -0.2) is 35.6 Å². The molecule has 1 aromatic carbocycles. The van der Waals surface area contributed by atoms with Crippen LogP contribution in [0, 0.1) is 5.92 Å². The van der Waals surface area contributed by atoms with Crippen LogP contribution in [0.3, 0.4) is 0 Å². The number of hydrogen-bond donors (Lipinski definition) is 1. The maximum absolute atomic E-state index is 5.78. The maximum Gasteiger partial charge on any atom is 0.119 e. The minimum atomic E-state index is 0.426. The summed E-state index contributed by atoms with van der Waals surface area (Å²) in [6, 6.07) is 8.39. The highest BCUT2D eigenvalue weighted by atomic mass is 32.1. The number of thiocarbonyl (C=S) groups is 1. The summed E-state index contributed by atoms with van der Waals surface area (Å²) in [5.41, 5.74) is 6.46. The van der Waals surface area contributed by atoms with Crippen LogP contribution in [0.15, 0.2) is 24.3 Å². The summed E-state index contributed by atoms with van der Waals surface area (Å²) >= 11 is 4.94. The number of piperidine rings is 1. The number of benzene rings is 1. The van der Waals surface area contributed by atoms with Crippen LogP contribution >= 0.6 is 12.2 Å². The Kier molecular flexibility index (Phi) is 6.00. The molecule has 1 fully saturated rings. The summed E-state index contributed by atoms with van der Waals surface area (Å²) in [5.74, 6) is 1.71. The van der Waals surface area contributed by atoms with Crippen molar-refractivity contribution in [2.75, 3.05) is 19.7 Å². The van der Waals surface area contributed by atoms with Gasteiger partial charge in [-0.1, -0.05) is 19.1 Å². The van der Waals surface area contributed by atoms with E-state index in [0.29, 0.717) is 11.0 Å². The van der Waals surface area contributed by atoms with Gasteiger partial charge in [0.1, 0.15) is 10.7 Å². The van der Waals surface area contributed by atoms with Crippen LogP contribution < -0.4 is 10.5 Å². The minimum Gasteiger partial charge on any atom is -0.494 e. The van der Waals surface area contributed by atoms with Crippen LogP contribution in [0.1, 0.15) is 38.7 Å². The van der Waals surface area contributed by atoms with Gasteiger partial charge < -0.3 is 15.4 Å². The zero-order chi connectivity index (χ0) is 15.2. The molecule has 0 aliphatic carbocycles. The Hall–Kier alpha value is -1.13. The van der Waals surface area contributed by atoms with E-state index in [0.717, 1.165) is 36.8 Å². The highest BCUT2D eigenvalue weighted by Gasteiger charge is 2.21. The maximum atomic E-state index is 5.78. The predicted molar refractivity (Wildman–Crippen MR) is 91.9 cm³/mol. The molecule has 21 heavy (non-hydrogen) atoms. The molecule has 116 valence electrons. The molecular formula is C17H26N2OS. The lowest BCUT2D eigenvalue weighted by atomic mass is 9.95. The Morgan fingerprint density at radius 1 is 1.29 bits per heavy atom. The fourth-order valence-corrected chi connectivity index (χ4v) is 3.00. The van der Waals surface area contributed by atoms with Crippen LogP contribution in [-0.2, 0) is 0 Å². The van der Waals surface area contributed by atoms with Crippen LogP contribution in [0.4, 0.5) is 0 Å². The topological polar surface area (TPSA) is 38.5 Å². The molecule has 0 saturated carbocycles. The lowest BCUT2D eigenvalue weighted by Crippen LogP contribution is -2.41. The van der Waals surface area contributed by atoms with Crippen molar-refractivity contribution >= 4 is 17.2 Å². The Labute approximate surface area is 133 Å². The third-order valence-electron chi connectivity index (χ3n) is 4.24. The van der Waals surface area contributed by atoms with Crippen LogP contribution in [0.5, 0.6) is 5.75 Å². The van der Waals surface area contributed by atoms with Gasteiger partial charge in [-0.2, -0.15) is 0 Å². The summed E-state index contributed by atoms with van der Waals surface area (Å²) in [6.07, 6.45) is 3.75. The van der Waals surface area contributed by atoms with Crippen molar-refractivity contribution < 1.29 is 4.74 Å². The Morgan fingerprint density at radius 2 is 2.00 bits per heavy atom. The second-order valence-corrected chi connectivity index (χ2v) is 6.56. The molecule has 1 heterocycles. The van der Waals surface area contributed by atoms with E-state index in [1.54, 1.807) is 0 Å². The van der Waals surface area contributed by atoms with E-state index in [9.17, 15) is 0 Å². The molecular weight excluding hydrogens is 280 g/mol. The molecule has 0 radical (unpaired) electrons. The highest BCUT2D eigenvalue weighted by molar-refractivity contribution is 7.80. The lowest BCUT2D eigenvalue weighted by molar-refractivity contribution is 0.116. The number of likely N-dealkylation sites (tertiary alicyclic amines) is 1. The standard InChI is InChI=1S/C17H26N2OS/c1-13-4-5-14(2)19(12-13)10-3-11-20-16-8-6-15(7-9-16)17(18)21/h6-9,13-14H,3-5,10-12H2,1-2H3,(H2,18,21). The van der Waals surface area contributed by atoms with E-state index in [1.807, 2.05) is 24.3 Å². The van der Waals surface area contributed by atoms with Crippen molar-refractivity contribution in [3.63, 3.8) is 0 Å². The molecule has 0 aromatic heterocycles. The summed E-state index contributed by atoms with van der Waals surface area (Å²) in [6.45, 7) is 7.78. The van der Waals surface area contributed by atoms with Crippen molar-refractivity contribution in [1.29, 1.82) is 0 Å². The van der Waals surface area contributed by atoms with Crippen LogP contribution in [0.25, 0.3) is 0 Å². The lowest BCUT2D eigenvalue weighted by Gasteiger charge is -2.36. The molecule has 1 aromatic rings. The second kappa shape index (κ2) is 7.76.